The molecule has 2 saturated heterocycles. The first-order valence-electron chi connectivity index (χ1n) is 7.06. The molecular formula is C15H18N2O3S. The summed E-state index contributed by atoms with van der Waals surface area (Å²) in [6.45, 7) is 0.196. The van der Waals surface area contributed by atoms with Gasteiger partial charge in [-0.25, -0.2) is 13.1 Å². The van der Waals surface area contributed by atoms with Crippen molar-refractivity contribution in [1.29, 1.82) is 0 Å². The Labute approximate surface area is 124 Å². The van der Waals surface area contributed by atoms with Crippen LogP contribution >= 0.6 is 0 Å². The van der Waals surface area contributed by atoms with Crippen LogP contribution in [0.2, 0.25) is 0 Å². The zero-order valence-electron chi connectivity index (χ0n) is 11.6. The van der Waals surface area contributed by atoms with Crippen molar-refractivity contribution >= 4 is 10.0 Å². The number of benzene rings is 1. The molecule has 2 aliphatic heterocycles. The molecule has 2 fully saturated rings. The maximum atomic E-state index is 12.6. The molecule has 0 aromatic heterocycles. The highest BCUT2D eigenvalue weighted by atomic mass is 32.2. The summed E-state index contributed by atoms with van der Waals surface area (Å²) in [7, 11) is -3.60. The van der Waals surface area contributed by atoms with Gasteiger partial charge in [0.1, 0.15) is 0 Å². The van der Waals surface area contributed by atoms with Crippen LogP contribution in [0, 0.1) is 11.8 Å². The molecule has 21 heavy (non-hydrogen) atoms. The number of hydrogen-bond donors (Lipinski definition) is 2. The van der Waals surface area contributed by atoms with E-state index in [1.54, 1.807) is 24.3 Å². The van der Waals surface area contributed by atoms with E-state index in [1.807, 2.05) is 0 Å². The van der Waals surface area contributed by atoms with Crippen LogP contribution in [0.5, 0.6) is 0 Å². The summed E-state index contributed by atoms with van der Waals surface area (Å²) in [6, 6.07) is 6.58. The molecule has 112 valence electrons. The monoisotopic (exact) mass is 306 g/mol. The van der Waals surface area contributed by atoms with Crippen molar-refractivity contribution in [2.24, 2.45) is 5.73 Å². The van der Waals surface area contributed by atoms with E-state index in [1.165, 1.54) is 0 Å². The lowest BCUT2D eigenvalue weighted by Crippen LogP contribution is -2.41. The van der Waals surface area contributed by atoms with E-state index in [4.69, 9.17) is 10.5 Å². The first-order valence-corrected chi connectivity index (χ1v) is 8.54. The highest BCUT2D eigenvalue weighted by Gasteiger charge is 2.42. The van der Waals surface area contributed by atoms with Crippen molar-refractivity contribution in [1.82, 2.24) is 4.72 Å². The lowest BCUT2D eigenvalue weighted by molar-refractivity contribution is 0.0996. The van der Waals surface area contributed by atoms with Crippen LogP contribution in [0.4, 0.5) is 0 Å². The number of fused-ring (bicyclic) bond motifs is 2. The minimum absolute atomic E-state index is 0.00654. The lowest BCUT2D eigenvalue weighted by Gasteiger charge is -2.20. The summed E-state index contributed by atoms with van der Waals surface area (Å²) in [5.41, 5.74) is 5.83. The molecule has 2 heterocycles. The van der Waals surface area contributed by atoms with Crippen LogP contribution in [0.1, 0.15) is 24.8 Å². The average molecular weight is 306 g/mol. The van der Waals surface area contributed by atoms with Crippen molar-refractivity contribution in [3.63, 3.8) is 0 Å². The van der Waals surface area contributed by atoms with Gasteiger partial charge in [-0.05, 0) is 31.4 Å². The van der Waals surface area contributed by atoms with Gasteiger partial charge in [0.05, 0.1) is 29.7 Å². The topological polar surface area (TPSA) is 81.4 Å². The maximum Gasteiger partial charge on any atom is 0.242 e. The third-order valence-corrected chi connectivity index (χ3v) is 5.46. The van der Waals surface area contributed by atoms with E-state index in [0.29, 0.717) is 5.56 Å². The fourth-order valence-electron chi connectivity index (χ4n) is 2.98. The van der Waals surface area contributed by atoms with Crippen molar-refractivity contribution in [3.05, 3.63) is 29.8 Å². The zero-order valence-corrected chi connectivity index (χ0v) is 12.4. The Morgan fingerprint density at radius 1 is 1.33 bits per heavy atom. The summed E-state index contributed by atoms with van der Waals surface area (Å²) >= 11 is 0. The quantitative estimate of drug-likeness (QED) is 0.801. The van der Waals surface area contributed by atoms with Gasteiger partial charge in [0.25, 0.3) is 0 Å². The highest BCUT2D eigenvalue weighted by molar-refractivity contribution is 7.89. The van der Waals surface area contributed by atoms with Gasteiger partial charge < -0.3 is 10.5 Å². The molecular weight excluding hydrogens is 288 g/mol. The predicted molar refractivity (Wildman–Crippen MR) is 79.0 cm³/mol. The standard InChI is InChI=1S/C15H18N2O3S/c16-9-3-5-11-4-1-2-6-15(11)21(18,19)17-13-10-12-7-8-14(13)20-12/h1-2,4,6,12-14,17H,7-10,16H2. The highest BCUT2D eigenvalue weighted by Crippen LogP contribution is 2.35. The molecule has 3 unspecified atom stereocenters. The van der Waals surface area contributed by atoms with E-state index in [0.717, 1.165) is 19.3 Å². The molecule has 1 aromatic carbocycles. The molecule has 0 aliphatic carbocycles. The van der Waals surface area contributed by atoms with Gasteiger partial charge in [-0.15, -0.1) is 0 Å². The lowest BCUT2D eigenvalue weighted by atomic mass is 9.96. The molecule has 1 aromatic rings. The Morgan fingerprint density at radius 2 is 2.14 bits per heavy atom. The van der Waals surface area contributed by atoms with Gasteiger partial charge in [0.2, 0.25) is 10.0 Å². The molecule has 3 N–H and O–H groups in total. The van der Waals surface area contributed by atoms with Crippen LogP contribution in [-0.2, 0) is 14.8 Å². The Kier molecular flexibility index (Phi) is 4.00. The summed E-state index contributed by atoms with van der Waals surface area (Å²) in [4.78, 5) is 0.203. The molecule has 0 radical (unpaired) electrons. The fourth-order valence-corrected chi connectivity index (χ4v) is 4.41. The molecule has 2 aliphatic rings. The number of hydrogen-bond acceptors (Lipinski definition) is 4. The van der Waals surface area contributed by atoms with Gasteiger partial charge >= 0.3 is 0 Å². The second-order valence-corrected chi connectivity index (χ2v) is 7.02. The summed E-state index contributed by atoms with van der Waals surface area (Å²) in [5.74, 6) is 5.51. The number of sulfonamides is 1. The van der Waals surface area contributed by atoms with Crippen LogP contribution in [-0.4, -0.2) is 33.2 Å². The predicted octanol–water partition coefficient (Wildman–Crippen LogP) is 0.595. The molecule has 3 atom stereocenters. The molecule has 3 rings (SSSR count). The van der Waals surface area contributed by atoms with Crippen molar-refractivity contribution < 1.29 is 13.2 Å². The van der Waals surface area contributed by atoms with E-state index in [9.17, 15) is 8.42 Å². The van der Waals surface area contributed by atoms with Crippen molar-refractivity contribution in [3.8, 4) is 11.8 Å². The third kappa shape index (κ3) is 2.97. The molecule has 6 heteroatoms. The second kappa shape index (κ2) is 5.78. The summed E-state index contributed by atoms with van der Waals surface area (Å²) in [5, 5.41) is 0. The number of ether oxygens (including phenoxy) is 1. The van der Waals surface area contributed by atoms with Crippen LogP contribution in [0.15, 0.2) is 29.2 Å². The number of rotatable bonds is 3. The SMILES string of the molecule is NCC#Cc1ccccc1S(=O)(=O)NC1CC2CCC1O2. The molecule has 0 amide bonds. The van der Waals surface area contributed by atoms with Crippen LogP contribution < -0.4 is 10.5 Å². The van der Waals surface area contributed by atoms with Gasteiger partial charge in [0.15, 0.2) is 0 Å². The first-order chi connectivity index (χ1) is 10.1. The third-order valence-electron chi connectivity index (χ3n) is 3.91. The van der Waals surface area contributed by atoms with Gasteiger partial charge in [0, 0.05) is 5.56 Å². The molecule has 5 nitrogen and oxygen atoms in total. The van der Waals surface area contributed by atoms with E-state index >= 15 is 0 Å². The van der Waals surface area contributed by atoms with Gasteiger partial charge in [-0.3, -0.25) is 0 Å². The van der Waals surface area contributed by atoms with Gasteiger partial charge in [-0.1, -0.05) is 24.0 Å². The second-order valence-electron chi connectivity index (χ2n) is 5.34. The summed E-state index contributed by atoms with van der Waals surface area (Å²) in [6.07, 6.45) is 2.91. The van der Waals surface area contributed by atoms with Crippen LogP contribution in [0.3, 0.4) is 0 Å². The van der Waals surface area contributed by atoms with Gasteiger partial charge in [-0.2, -0.15) is 0 Å². The Bertz CT molecular complexity index is 690. The Morgan fingerprint density at radius 3 is 2.81 bits per heavy atom. The largest absolute Gasteiger partial charge is 0.373 e. The zero-order chi connectivity index (χ0) is 14.9. The average Bonchev–Trinajstić information content (AvgIpc) is 3.07. The number of nitrogens with two attached hydrogens (primary N) is 1. The summed E-state index contributed by atoms with van der Waals surface area (Å²) < 4.78 is 33.6. The van der Waals surface area contributed by atoms with E-state index < -0.39 is 10.0 Å². The maximum absolute atomic E-state index is 12.6. The smallest absolute Gasteiger partial charge is 0.242 e. The first kappa shape index (κ1) is 14.5. The Hall–Kier alpha value is -1.39. The minimum Gasteiger partial charge on any atom is -0.373 e. The van der Waals surface area contributed by atoms with E-state index in [2.05, 4.69) is 16.6 Å². The fraction of sp³-hybridized carbons (Fsp3) is 0.467. The molecule has 0 spiro atoms. The van der Waals surface area contributed by atoms with E-state index in [-0.39, 0.29) is 29.7 Å². The van der Waals surface area contributed by atoms with Crippen molar-refractivity contribution in [2.45, 2.75) is 42.4 Å². The molecule has 2 bridgehead atoms. The molecule has 0 saturated carbocycles. The Balaban J connectivity index is 1.85. The minimum atomic E-state index is -3.60. The normalized spacial score (nSPS) is 27.4. The van der Waals surface area contributed by atoms with Crippen molar-refractivity contribution in [2.75, 3.05) is 6.54 Å². The van der Waals surface area contributed by atoms with Crippen LogP contribution in [0.25, 0.3) is 0 Å². The number of nitrogens with one attached hydrogen (secondary N) is 1.